The van der Waals surface area contributed by atoms with Gasteiger partial charge in [-0.1, -0.05) is 23.5 Å². The molecular formula is C18H19N3O2S2. The maximum absolute atomic E-state index is 12.1. The van der Waals surface area contributed by atoms with E-state index in [-0.39, 0.29) is 11.8 Å². The van der Waals surface area contributed by atoms with Crippen LogP contribution in [0.25, 0.3) is 10.2 Å². The van der Waals surface area contributed by atoms with Crippen molar-refractivity contribution in [2.75, 3.05) is 11.9 Å². The molecule has 3 rings (SSSR count). The molecular weight excluding hydrogens is 354 g/mol. The zero-order valence-electron chi connectivity index (χ0n) is 14.1. The molecule has 0 radical (unpaired) electrons. The highest BCUT2D eigenvalue weighted by Gasteiger charge is 2.11. The number of rotatable bonds is 6. The van der Waals surface area contributed by atoms with Crippen molar-refractivity contribution >= 4 is 49.8 Å². The van der Waals surface area contributed by atoms with Crippen LogP contribution in [0.1, 0.15) is 34.3 Å². The summed E-state index contributed by atoms with van der Waals surface area (Å²) in [5.41, 5.74) is 3.88. The number of benzene rings is 1. The van der Waals surface area contributed by atoms with Crippen LogP contribution in [0.4, 0.5) is 5.13 Å². The summed E-state index contributed by atoms with van der Waals surface area (Å²) in [6, 6.07) is 5.89. The molecule has 130 valence electrons. The summed E-state index contributed by atoms with van der Waals surface area (Å²) in [5.74, 6) is -0.182. The van der Waals surface area contributed by atoms with Crippen LogP contribution in [0.2, 0.25) is 0 Å². The molecule has 2 heterocycles. The van der Waals surface area contributed by atoms with Crippen molar-refractivity contribution in [1.82, 2.24) is 10.3 Å². The van der Waals surface area contributed by atoms with E-state index in [9.17, 15) is 9.59 Å². The first kappa shape index (κ1) is 17.6. The minimum Gasteiger partial charge on any atom is -0.352 e. The van der Waals surface area contributed by atoms with Crippen molar-refractivity contribution in [3.05, 3.63) is 45.6 Å². The molecule has 2 aromatic heterocycles. The average molecular weight is 374 g/mol. The Morgan fingerprint density at radius 1 is 1.16 bits per heavy atom. The molecule has 0 atom stereocenters. The highest BCUT2D eigenvalue weighted by molar-refractivity contribution is 7.22. The maximum Gasteiger partial charge on any atom is 0.252 e. The van der Waals surface area contributed by atoms with Crippen LogP contribution in [0.5, 0.6) is 0 Å². The number of hydrogen-bond donors (Lipinski definition) is 2. The lowest BCUT2D eigenvalue weighted by Crippen LogP contribution is -2.25. The van der Waals surface area contributed by atoms with Gasteiger partial charge in [-0.2, -0.15) is 11.3 Å². The molecule has 1 aromatic carbocycles. The first-order chi connectivity index (χ1) is 12.0. The van der Waals surface area contributed by atoms with Crippen molar-refractivity contribution < 1.29 is 9.59 Å². The van der Waals surface area contributed by atoms with Gasteiger partial charge in [0.15, 0.2) is 5.13 Å². The number of amides is 2. The third-order valence-electron chi connectivity index (χ3n) is 3.84. The molecule has 2 amide bonds. The normalized spacial score (nSPS) is 10.8. The van der Waals surface area contributed by atoms with Crippen LogP contribution in [0, 0.1) is 13.8 Å². The van der Waals surface area contributed by atoms with Crippen LogP contribution in [0.3, 0.4) is 0 Å². The molecule has 0 saturated heterocycles. The average Bonchev–Trinajstić information content (AvgIpc) is 3.25. The molecule has 0 fully saturated rings. The highest BCUT2D eigenvalue weighted by Crippen LogP contribution is 2.30. The smallest absolute Gasteiger partial charge is 0.252 e. The van der Waals surface area contributed by atoms with Gasteiger partial charge in [0.1, 0.15) is 0 Å². The molecule has 0 aliphatic rings. The number of anilines is 1. The standard InChI is InChI=1S/C18H19N3O2S2/c1-11-5-6-12(2)16-15(11)21-18(25-16)20-14(22)4-3-8-19-17(23)13-7-9-24-10-13/h5-7,9-10H,3-4,8H2,1-2H3,(H,19,23)(H,20,21,22). The second-order valence-electron chi connectivity index (χ2n) is 5.82. The molecule has 0 aliphatic heterocycles. The topological polar surface area (TPSA) is 71.1 Å². The van der Waals surface area contributed by atoms with Crippen LogP contribution < -0.4 is 10.6 Å². The Balaban J connectivity index is 1.49. The fourth-order valence-electron chi connectivity index (χ4n) is 2.44. The Morgan fingerprint density at radius 2 is 1.96 bits per heavy atom. The van der Waals surface area contributed by atoms with Gasteiger partial charge in [0, 0.05) is 23.9 Å². The summed E-state index contributed by atoms with van der Waals surface area (Å²) in [6.45, 7) is 4.53. The molecule has 3 aromatic rings. The van der Waals surface area contributed by atoms with E-state index in [0.717, 1.165) is 21.3 Å². The zero-order chi connectivity index (χ0) is 17.8. The van der Waals surface area contributed by atoms with Gasteiger partial charge in [0.25, 0.3) is 5.91 Å². The minimum absolute atomic E-state index is 0.0841. The van der Waals surface area contributed by atoms with E-state index in [4.69, 9.17) is 0 Å². The third-order valence-corrected chi connectivity index (χ3v) is 5.63. The van der Waals surface area contributed by atoms with Crippen molar-refractivity contribution in [2.24, 2.45) is 0 Å². The summed E-state index contributed by atoms with van der Waals surface area (Å²) >= 11 is 2.98. The van der Waals surface area contributed by atoms with E-state index in [0.29, 0.717) is 30.1 Å². The molecule has 25 heavy (non-hydrogen) atoms. The van der Waals surface area contributed by atoms with E-state index in [1.165, 1.54) is 22.7 Å². The lowest BCUT2D eigenvalue weighted by Gasteiger charge is -2.04. The number of carbonyl (C=O) groups excluding carboxylic acids is 2. The highest BCUT2D eigenvalue weighted by atomic mass is 32.1. The third kappa shape index (κ3) is 4.24. The molecule has 0 saturated carbocycles. The fraction of sp³-hybridized carbons (Fsp3) is 0.278. The molecule has 0 spiro atoms. The summed E-state index contributed by atoms with van der Waals surface area (Å²) < 4.78 is 1.11. The van der Waals surface area contributed by atoms with Crippen molar-refractivity contribution in [3.8, 4) is 0 Å². The van der Waals surface area contributed by atoms with E-state index in [2.05, 4.69) is 21.7 Å². The number of aromatic nitrogens is 1. The Labute approximate surface area is 154 Å². The maximum atomic E-state index is 12.1. The lowest BCUT2D eigenvalue weighted by atomic mass is 10.1. The predicted molar refractivity (Wildman–Crippen MR) is 104 cm³/mol. The Hall–Kier alpha value is -2.25. The number of hydrogen-bond acceptors (Lipinski definition) is 5. The van der Waals surface area contributed by atoms with Crippen molar-refractivity contribution in [2.45, 2.75) is 26.7 Å². The molecule has 5 nitrogen and oxygen atoms in total. The van der Waals surface area contributed by atoms with Crippen LogP contribution >= 0.6 is 22.7 Å². The number of carbonyl (C=O) groups is 2. The molecule has 0 aliphatic carbocycles. The Kier molecular flexibility index (Phi) is 5.45. The quantitative estimate of drug-likeness (QED) is 0.639. The number of thiophene rings is 1. The number of fused-ring (bicyclic) bond motifs is 1. The number of thiazole rings is 1. The van der Waals surface area contributed by atoms with Crippen LogP contribution in [0.15, 0.2) is 29.0 Å². The summed E-state index contributed by atoms with van der Waals surface area (Å²) in [4.78, 5) is 28.4. The second-order valence-corrected chi connectivity index (χ2v) is 7.59. The first-order valence-electron chi connectivity index (χ1n) is 8.01. The van der Waals surface area contributed by atoms with Gasteiger partial charge in [0.2, 0.25) is 5.91 Å². The summed E-state index contributed by atoms with van der Waals surface area (Å²) in [6.07, 6.45) is 0.933. The number of aryl methyl sites for hydroxylation is 2. The first-order valence-corrected chi connectivity index (χ1v) is 9.77. The molecule has 7 heteroatoms. The summed E-state index contributed by atoms with van der Waals surface area (Å²) in [5, 5.41) is 9.97. The van der Waals surface area contributed by atoms with Gasteiger partial charge in [-0.3, -0.25) is 9.59 Å². The van der Waals surface area contributed by atoms with Crippen molar-refractivity contribution in [3.63, 3.8) is 0 Å². The van der Waals surface area contributed by atoms with Gasteiger partial charge < -0.3 is 10.6 Å². The second kappa shape index (κ2) is 7.76. The molecule has 0 unspecified atom stereocenters. The van der Waals surface area contributed by atoms with E-state index >= 15 is 0 Å². The predicted octanol–water partition coefficient (Wildman–Crippen LogP) is 4.12. The monoisotopic (exact) mass is 373 g/mol. The van der Waals surface area contributed by atoms with E-state index in [1.54, 1.807) is 11.4 Å². The van der Waals surface area contributed by atoms with E-state index in [1.807, 2.05) is 25.3 Å². The zero-order valence-corrected chi connectivity index (χ0v) is 15.7. The van der Waals surface area contributed by atoms with Gasteiger partial charge >= 0.3 is 0 Å². The Morgan fingerprint density at radius 3 is 2.68 bits per heavy atom. The lowest BCUT2D eigenvalue weighted by molar-refractivity contribution is -0.116. The van der Waals surface area contributed by atoms with Crippen LogP contribution in [-0.2, 0) is 4.79 Å². The number of nitrogens with zero attached hydrogens (tertiary/aromatic N) is 1. The molecule has 2 N–H and O–H groups in total. The van der Waals surface area contributed by atoms with Gasteiger partial charge in [-0.15, -0.1) is 0 Å². The SMILES string of the molecule is Cc1ccc(C)c2sc(NC(=O)CCCNC(=O)c3ccsc3)nc12. The Bertz CT molecular complexity index is 862. The minimum atomic E-state index is -0.0984. The van der Waals surface area contributed by atoms with Gasteiger partial charge in [-0.25, -0.2) is 4.98 Å². The van der Waals surface area contributed by atoms with Crippen molar-refractivity contribution in [1.29, 1.82) is 0 Å². The van der Waals surface area contributed by atoms with E-state index < -0.39 is 0 Å². The van der Waals surface area contributed by atoms with Crippen LogP contribution in [-0.4, -0.2) is 23.3 Å². The summed E-state index contributed by atoms with van der Waals surface area (Å²) in [7, 11) is 0. The largest absolute Gasteiger partial charge is 0.352 e. The molecule has 0 bridgehead atoms. The fourth-order valence-corrected chi connectivity index (χ4v) is 4.10. The van der Waals surface area contributed by atoms with Gasteiger partial charge in [0.05, 0.1) is 10.2 Å². The van der Waals surface area contributed by atoms with Gasteiger partial charge in [-0.05, 0) is 42.8 Å². The number of nitrogens with one attached hydrogen (secondary N) is 2.